The summed E-state index contributed by atoms with van der Waals surface area (Å²) in [5.41, 5.74) is 12.1. The summed E-state index contributed by atoms with van der Waals surface area (Å²) in [7, 11) is 3.43. The molecule has 2 aliphatic heterocycles. The lowest BCUT2D eigenvalue weighted by Gasteiger charge is -2.34. The molecule has 1 aromatic heterocycles. The topological polar surface area (TPSA) is 144 Å². The quantitative estimate of drug-likeness (QED) is 0.138. The molecule has 2 aliphatic rings. The molecule has 5 rings (SSSR count). The first-order chi connectivity index (χ1) is 23.8. The molecule has 3 heterocycles. The number of nitrogens with zero attached hydrogens (tertiary/aromatic N) is 5. The second kappa shape index (κ2) is 17.3. The minimum atomic E-state index is -0.644. The van der Waals surface area contributed by atoms with Crippen LogP contribution in [0.4, 0.5) is 10.5 Å². The van der Waals surface area contributed by atoms with Gasteiger partial charge in [-0.25, -0.2) is 14.8 Å². The van der Waals surface area contributed by atoms with Gasteiger partial charge in [0.25, 0.3) is 0 Å². The smallest absolute Gasteiger partial charge is 0.407 e. The summed E-state index contributed by atoms with van der Waals surface area (Å²) >= 11 is 0. The monoisotopic (exact) mass is 665 g/mol. The van der Waals surface area contributed by atoms with Gasteiger partial charge in [0, 0.05) is 61.8 Å². The molecule has 0 radical (unpaired) electrons. The normalized spacial score (nSPS) is 16.8. The number of aromatic nitrogens is 2. The summed E-state index contributed by atoms with van der Waals surface area (Å²) in [6, 6.07) is 15.0. The Balaban J connectivity index is 1.38. The molecule has 2 fully saturated rings. The van der Waals surface area contributed by atoms with Crippen LogP contribution in [0.5, 0.6) is 0 Å². The molecule has 258 valence electrons. The molecule has 5 N–H and O–H groups in total. The summed E-state index contributed by atoms with van der Waals surface area (Å²) in [4.78, 5) is 43.1. The van der Waals surface area contributed by atoms with Crippen LogP contribution in [0.3, 0.4) is 0 Å². The first kappa shape index (κ1) is 35.2. The van der Waals surface area contributed by atoms with Crippen LogP contribution in [0.15, 0.2) is 65.9 Å². The van der Waals surface area contributed by atoms with Crippen LogP contribution in [0.1, 0.15) is 37.6 Å². The van der Waals surface area contributed by atoms with E-state index in [1.807, 2.05) is 19.1 Å². The van der Waals surface area contributed by atoms with Crippen LogP contribution in [-0.2, 0) is 16.1 Å². The Kier molecular flexibility index (Phi) is 12.4. The number of hydrogen-bond acceptors (Lipinski definition) is 8. The highest BCUT2D eigenvalue weighted by Gasteiger charge is 2.19. The van der Waals surface area contributed by atoms with E-state index >= 15 is 0 Å². The van der Waals surface area contributed by atoms with E-state index in [1.165, 1.54) is 12.8 Å². The molecule has 12 nitrogen and oxygen atoms in total. The number of imidazole rings is 1. The number of H-pyrrole nitrogens is 1. The third-order valence-electron chi connectivity index (χ3n) is 8.77. The maximum Gasteiger partial charge on any atom is 0.407 e. The first-order valence-corrected chi connectivity index (χ1v) is 16.9. The van der Waals surface area contributed by atoms with E-state index in [0.29, 0.717) is 18.2 Å². The van der Waals surface area contributed by atoms with E-state index < -0.39 is 6.09 Å². The van der Waals surface area contributed by atoms with Crippen LogP contribution in [0, 0.1) is 11.8 Å². The van der Waals surface area contributed by atoms with Crippen molar-refractivity contribution in [3.05, 3.63) is 72.3 Å². The van der Waals surface area contributed by atoms with Gasteiger partial charge < -0.3 is 40.8 Å². The van der Waals surface area contributed by atoms with Gasteiger partial charge in [-0.2, -0.15) is 0 Å². The third kappa shape index (κ3) is 9.72. The third-order valence-corrected chi connectivity index (χ3v) is 8.77. The number of nitrogens with one attached hydrogen (secondary N) is 3. The Morgan fingerprint density at radius 2 is 1.94 bits per heavy atom. The standard InChI is InChI=1S/C37H47N9O3/c1-4-18-46(35(47)25-42-37(48)49-3)26-34-41-24-33(43-34)29-11-10-27(8-5-6-16-40-36(38)32-9-7-17-39-32)31(23-29)28-12-14-30(15-13-28)45-21-19-44(2)20-22-45/h6,10-16,23-24,32,39H,4,7,9,17-22,25-26H2,1-3H3,(H2,38,40)(H,41,43)(H,42,48)/b16-6+. The number of anilines is 1. The highest BCUT2D eigenvalue weighted by molar-refractivity contribution is 5.86. The molecule has 0 aliphatic carbocycles. The number of allylic oxidation sites excluding steroid dienone is 1. The lowest BCUT2D eigenvalue weighted by molar-refractivity contribution is -0.130. The van der Waals surface area contributed by atoms with Gasteiger partial charge in [0.2, 0.25) is 5.91 Å². The molecule has 2 aromatic carbocycles. The van der Waals surface area contributed by atoms with Crippen molar-refractivity contribution < 1.29 is 14.3 Å². The zero-order chi connectivity index (χ0) is 34.6. The van der Waals surface area contributed by atoms with Gasteiger partial charge in [0.1, 0.15) is 18.2 Å². The minimum Gasteiger partial charge on any atom is -0.453 e. The fourth-order valence-electron chi connectivity index (χ4n) is 5.95. The van der Waals surface area contributed by atoms with Gasteiger partial charge in [0.15, 0.2) is 0 Å². The molecule has 0 saturated carbocycles. The van der Waals surface area contributed by atoms with Crippen LogP contribution in [0.2, 0.25) is 0 Å². The molecule has 1 atom stereocenters. The van der Waals surface area contributed by atoms with E-state index in [-0.39, 0.29) is 25.0 Å². The number of benzene rings is 2. The van der Waals surface area contributed by atoms with Crippen LogP contribution in [0.25, 0.3) is 22.4 Å². The number of hydrogen-bond donors (Lipinski definition) is 4. The van der Waals surface area contributed by atoms with E-state index in [4.69, 9.17) is 5.73 Å². The number of amides is 2. The number of amidine groups is 1. The van der Waals surface area contributed by atoms with Gasteiger partial charge in [0.05, 0.1) is 31.6 Å². The van der Waals surface area contributed by atoms with Crippen LogP contribution < -0.4 is 21.3 Å². The van der Waals surface area contributed by atoms with Crippen molar-refractivity contribution in [3.8, 4) is 34.2 Å². The number of rotatable bonds is 11. The number of ether oxygens (including phenoxy) is 1. The minimum absolute atomic E-state index is 0.132. The second-order valence-electron chi connectivity index (χ2n) is 12.3. The molecule has 2 saturated heterocycles. The van der Waals surface area contributed by atoms with Crippen molar-refractivity contribution in [1.82, 2.24) is 30.4 Å². The molecular formula is C37H47N9O3. The second-order valence-corrected chi connectivity index (χ2v) is 12.3. The highest BCUT2D eigenvalue weighted by Crippen LogP contribution is 2.31. The number of nitrogens with two attached hydrogens (primary N) is 1. The zero-order valence-corrected chi connectivity index (χ0v) is 28.7. The molecule has 0 bridgehead atoms. The van der Waals surface area contributed by atoms with Crippen molar-refractivity contribution in [1.29, 1.82) is 0 Å². The Morgan fingerprint density at radius 3 is 2.65 bits per heavy atom. The van der Waals surface area contributed by atoms with Gasteiger partial charge >= 0.3 is 6.09 Å². The Hall–Kier alpha value is -5.12. The average molecular weight is 666 g/mol. The first-order valence-electron chi connectivity index (χ1n) is 16.9. The van der Waals surface area contributed by atoms with E-state index in [0.717, 1.165) is 79.9 Å². The van der Waals surface area contributed by atoms with E-state index in [1.54, 1.807) is 23.4 Å². The average Bonchev–Trinajstić information content (AvgIpc) is 3.84. The van der Waals surface area contributed by atoms with E-state index in [2.05, 4.69) is 89.4 Å². The predicted molar refractivity (Wildman–Crippen MR) is 194 cm³/mol. The van der Waals surface area contributed by atoms with Crippen molar-refractivity contribution in [2.24, 2.45) is 10.7 Å². The van der Waals surface area contributed by atoms with Crippen molar-refractivity contribution in [2.75, 3.05) is 64.9 Å². The molecular weight excluding hydrogens is 618 g/mol. The van der Waals surface area contributed by atoms with Crippen LogP contribution >= 0.6 is 0 Å². The number of carbonyl (C=O) groups excluding carboxylic acids is 2. The number of carbonyl (C=O) groups is 2. The van der Waals surface area contributed by atoms with Gasteiger partial charge in [-0.3, -0.25) is 4.79 Å². The number of piperazine rings is 1. The molecule has 3 aromatic rings. The number of likely N-dealkylation sites (N-methyl/N-ethyl adjacent to an activating group) is 1. The van der Waals surface area contributed by atoms with Crippen molar-refractivity contribution >= 4 is 23.5 Å². The maximum absolute atomic E-state index is 12.8. The summed E-state index contributed by atoms with van der Waals surface area (Å²) in [6.45, 7) is 7.73. The van der Waals surface area contributed by atoms with Gasteiger partial charge in [-0.1, -0.05) is 37.0 Å². The largest absolute Gasteiger partial charge is 0.453 e. The fourth-order valence-corrected chi connectivity index (χ4v) is 5.95. The zero-order valence-electron chi connectivity index (χ0n) is 28.7. The summed E-state index contributed by atoms with van der Waals surface area (Å²) in [6.07, 6.45) is 7.39. The number of aliphatic imine (C=N–C) groups is 1. The Bertz CT molecular complexity index is 1690. The van der Waals surface area contributed by atoms with Gasteiger partial charge in [-0.15, -0.1) is 0 Å². The molecule has 0 spiro atoms. The maximum atomic E-state index is 12.8. The molecule has 12 heteroatoms. The van der Waals surface area contributed by atoms with Crippen molar-refractivity contribution in [3.63, 3.8) is 0 Å². The lowest BCUT2D eigenvalue weighted by atomic mass is 9.96. The van der Waals surface area contributed by atoms with Crippen LogP contribution in [-0.4, -0.2) is 104 Å². The Morgan fingerprint density at radius 1 is 1.16 bits per heavy atom. The fraction of sp³-hybridized carbons (Fsp3) is 0.405. The Labute approximate surface area is 288 Å². The SMILES string of the molecule is CCCN(Cc1ncc(-c2ccc(C#C/C=C/N=C(N)C3CCCN3)c(-c3ccc(N4CCN(C)CC4)cc3)c2)[nH]1)C(=O)CNC(=O)OC. The molecule has 1 unspecified atom stereocenters. The molecule has 49 heavy (non-hydrogen) atoms. The number of aromatic amines is 1. The summed E-state index contributed by atoms with van der Waals surface area (Å²) in [5, 5.41) is 5.81. The summed E-state index contributed by atoms with van der Waals surface area (Å²) in [5.74, 6) is 7.46. The lowest BCUT2D eigenvalue weighted by Crippen LogP contribution is -2.44. The highest BCUT2D eigenvalue weighted by atomic mass is 16.5. The number of methoxy groups -OCH3 is 1. The molecule has 2 amide bonds. The van der Waals surface area contributed by atoms with E-state index in [9.17, 15) is 9.59 Å². The summed E-state index contributed by atoms with van der Waals surface area (Å²) < 4.78 is 4.59. The van der Waals surface area contributed by atoms with Crippen molar-refractivity contribution in [2.45, 2.75) is 38.8 Å². The number of alkyl carbamates (subject to hydrolysis) is 1. The van der Waals surface area contributed by atoms with Gasteiger partial charge in [-0.05, 0) is 68.2 Å². The predicted octanol–water partition coefficient (Wildman–Crippen LogP) is 3.56.